The van der Waals surface area contributed by atoms with Gasteiger partial charge in [0, 0.05) is 18.5 Å². The van der Waals surface area contributed by atoms with E-state index in [2.05, 4.69) is 0 Å². The molecule has 0 fully saturated rings. The maximum absolute atomic E-state index is 12.8. The molecule has 0 amide bonds. The van der Waals surface area contributed by atoms with Gasteiger partial charge in [-0.25, -0.2) is 13.2 Å². The molecule has 25 heavy (non-hydrogen) atoms. The van der Waals surface area contributed by atoms with E-state index in [1.54, 1.807) is 17.6 Å². The first-order chi connectivity index (χ1) is 11.8. The van der Waals surface area contributed by atoms with E-state index in [-0.39, 0.29) is 23.5 Å². The lowest BCUT2D eigenvalue weighted by molar-refractivity contribution is 0.0523. The highest BCUT2D eigenvalue weighted by molar-refractivity contribution is 7.90. The Morgan fingerprint density at radius 2 is 1.88 bits per heavy atom. The van der Waals surface area contributed by atoms with Gasteiger partial charge in [-0.1, -0.05) is 12.8 Å². The summed E-state index contributed by atoms with van der Waals surface area (Å²) in [5, 5.41) is 0. The third kappa shape index (κ3) is 5.42. The van der Waals surface area contributed by atoms with Crippen LogP contribution in [0.5, 0.6) is 0 Å². The van der Waals surface area contributed by atoms with Crippen LogP contribution in [-0.2, 0) is 34.0 Å². The number of nitrogens with zero attached hydrogens (tertiary/aromatic N) is 1. The summed E-state index contributed by atoms with van der Waals surface area (Å²) in [4.78, 5) is 25.0. The molecule has 140 valence electrons. The number of hydrogen-bond acceptors (Lipinski definition) is 5. The summed E-state index contributed by atoms with van der Waals surface area (Å²) in [6, 6.07) is 1.69. The van der Waals surface area contributed by atoms with Crippen molar-refractivity contribution < 1.29 is 17.9 Å². The predicted molar refractivity (Wildman–Crippen MR) is 96.9 cm³/mol. The third-order valence-electron chi connectivity index (χ3n) is 4.49. The molecule has 7 heteroatoms. The van der Waals surface area contributed by atoms with Gasteiger partial charge in [-0.15, -0.1) is 0 Å². The number of sulfone groups is 1. The highest BCUT2D eigenvalue weighted by Crippen LogP contribution is 2.20. The van der Waals surface area contributed by atoms with Crippen LogP contribution in [0.4, 0.5) is 0 Å². The quantitative estimate of drug-likeness (QED) is 0.717. The zero-order valence-corrected chi connectivity index (χ0v) is 15.9. The molecule has 0 aliphatic heterocycles. The fraction of sp³-hybridized carbons (Fsp3) is 0.667. The molecule has 0 bridgehead atoms. The second-order valence-electron chi connectivity index (χ2n) is 6.60. The molecule has 2 rings (SSSR count). The van der Waals surface area contributed by atoms with Gasteiger partial charge in [0.15, 0.2) is 0 Å². The van der Waals surface area contributed by atoms with Crippen molar-refractivity contribution >= 4 is 15.8 Å². The van der Waals surface area contributed by atoms with Gasteiger partial charge in [0.1, 0.15) is 15.4 Å². The lowest BCUT2D eigenvalue weighted by Crippen LogP contribution is -2.32. The zero-order valence-electron chi connectivity index (χ0n) is 15.0. The summed E-state index contributed by atoms with van der Waals surface area (Å²) in [6.45, 7) is 2.22. The first-order valence-corrected chi connectivity index (χ1v) is 11.0. The van der Waals surface area contributed by atoms with Crippen LogP contribution in [0.3, 0.4) is 0 Å². The van der Waals surface area contributed by atoms with Crippen molar-refractivity contribution in [2.45, 2.75) is 58.4 Å². The molecule has 6 nitrogen and oxygen atoms in total. The minimum atomic E-state index is -3.08. The number of fused-ring (bicyclic) bond motifs is 1. The van der Waals surface area contributed by atoms with Crippen LogP contribution in [0, 0.1) is 0 Å². The number of rotatable bonds is 6. The number of aromatic nitrogens is 1. The molecule has 0 spiro atoms. The highest BCUT2D eigenvalue weighted by atomic mass is 32.2. The van der Waals surface area contributed by atoms with Gasteiger partial charge >= 0.3 is 5.97 Å². The van der Waals surface area contributed by atoms with Crippen LogP contribution in [0.15, 0.2) is 10.9 Å². The van der Waals surface area contributed by atoms with Crippen LogP contribution >= 0.6 is 0 Å². The molecule has 0 aromatic carbocycles. The van der Waals surface area contributed by atoms with Crippen molar-refractivity contribution in [3.8, 4) is 0 Å². The molecule has 0 atom stereocenters. The average molecular weight is 369 g/mol. The molecule has 1 aromatic rings. The fourth-order valence-corrected chi connectivity index (χ4v) is 3.96. The predicted octanol–water partition coefficient (Wildman–Crippen LogP) is 2.12. The third-order valence-corrected chi connectivity index (χ3v) is 5.52. The summed E-state index contributed by atoms with van der Waals surface area (Å²) in [7, 11) is -3.08. The Kier molecular flexibility index (Phi) is 6.81. The number of hydrogen-bond donors (Lipinski definition) is 0. The van der Waals surface area contributed by atoms with Crippen LogP contribution in [0.1, 0.15) is 60.6 Å². The smallest absolute Gasteiger partial charge is 0.343 e. The molecule has 0 radical (unpaired) electrons. The number of pyridine rings is 1. The zero-order chi connectivity index (χ0) is 18.4. The van der Waals surface area contributed by atoms with E-state index in [9.17, 15) is 18.0 Å². The largest absolute Gasteiger partial charge is 0.462 e. The van der Waals surface area contributed by atoms with E-state index < -0.39 is 15.8 Å². The van der Waals surface area contributed by atoms with Crippen molar-refractivity contribution in [2.75, 3.05) is 18.6 Å². The van der Waals surface area contributed by atoms with E-state index in [0.29, 0.717) is 13.0 Å². The minimum absolute atomic E-state index is 0.0256. The Hall–Kier alpha value is -1.63. The molecule has 1 aliphatic carbocycles. The molecule has 0 unspecified atom stereocenters. The standard InChI is InChI=1S/C18H27NO5S/c1-3-24-18(21)15-13-14-9-6-4-5-7-10-16(14)19(17(15)20)11-8-12-25(2,22)23/h13H,3-12H2,1-2H3. The molecular weight excluding hydrogens is 342 g/mol. The van der Waals surface area contributed by atoms with Gasteiger partial charge in [0.2, 0.25) is 0 Å². The lowest BCUT2D eigenvalue weighted by Gasteiger charge is -2.20. The van der Waals surface area contributed by atoms with Gasteiger partial charge in [-0.05, 0) is 50.7 Å². The van der Waals surface area contributed by atoms with E-state index in [4.69, 9.17) is 4.74 Å². The van der Waals surface area contributed by atoms with Crippen molar-refractivity contribution in [2.24, 2.45) is 0 Å². The van der Waals surface area contributed by atoms with Crippen LogP contribution in [-0.4, -0.2) is 37.6 Å². The molecule has 0 saturated carbocycles. The van der Waals surface area contributed by atoms with Gasteiger partial charge < -0.3 is 9.30 Å². The SMILES string of the molecule is CCOC(=O)c1cc2c(n(CCCS(C)(=O)=O)c1=O)CCCCCC2. The maximum Gasteiger partial charge on any atom is 0.343 e. The number of esters is 1. The normalized spacial score (nSPS) is 15.1. The van der Waals surface area contributed by atoms with Gasteiger partial charge in [0.25, 0.3) is 5.56 Å². The van der Waals surface area contributed by atoms with Crippen molar-refractivity contribution in [1.82, 2.24) is 4.57 Å². The molecule has 0 N–H and O–H groups in total. The van der Waals surface area contributed by atoms with Gasteiger partial charge in [0.05, 0.1) is 12.4 Å². The van der Waals surface area contributed by atoms with Gasteiger partial charge in [-0.3, -0.25) is 4.79 Å². The van der Waals surface area contributed by atoms with E-state index in [0.717, 1.165) is 49.8 Å². The average Bonchev–Trinajstić information content (AvgIpc) is 2.49. The van der Waals surface area contributed by atoms with E-state index in [1.165, 1.54) is 6.26 Å². The summed E-state index contributed by atoms with van der Waals surface area (Å²) >= 11 is 0. The number of carbonyl (C=O) groups excluding carboxylic acids is 1. The fourth-order valence-electron chi connectivity index (χ4n) is 3.31. The molecule has 1 aliphatic rings. The molecular formula is C18H27NO5S. The summed E-state index contributed by atoms with van der Waals surface area (Å²) < 4.78 is 29.4. The van der Waals surface area contributed by atoms with Crippen LogP contribution in [0.2, 0.25) is 0 Å². The number of carbonyl (C=O) groups is 1. The summed E-state index contributed by atoms with van der Waals surface area (Å²) in [5.41, 5.74) is 1.65. The first-order valence-electron chi connectivity index (χ1n) is 8.94. The van der Waals surface area contributed by atoms with Crippen molar-refractivity contribution in [3.63, 3.8) is 0 Å². The Morgan fingerprint density at radius 1 is 1.20 bits per heavy atom. The molecule has 1 heterocycles. The number of aryl methyl sites for hydroxylation is 1. The molecule has 0 saturated heterocycles. The second kappa shape index (κ2) is 8.65. The monoisotopic (exact) mass is 369 g/mol. The van der Waals surface area contributed by atoms with E-state index in [1.807, 2.05) is 0 Å². The van der Waals surface area contributed by atoms with Crippen LogP contribution < -0.4 is 5.56 Å². The number of ether oxygens (including phenoxy) is 1. The Labute approximate surface area is 149 Å². The summed E-state index contributed by atoms with van der Waals surface area (Å²) in [6.07, 6.45) is 7.44. The summed E-state index contributed by atoms with van der Waals surface area (Å²) in [5.74, 6) is -0.577. The van der Waals surface area contributed by atoms with Crippen molar-refractivity contribution in [1.29, 1.82) is 0 Å². The maximum atomic E-state index is 12.8. The Morgan fingerprint density at radius 3 is 2.52 bits per heavy atom. The van der Waals surface area contributed by atoms with Crippen molar-refractivity contribution in [3.05, 3.63) is 33.2 Å². The first kappa shape index (κ1) is 19.7. The highest BCUT2D eigenvalue weighted by Gasteiger charge is 2.21. The topological polar surface area (TPSA) is 82.4 Å². The minimum Gasteiger partial charge on any atom is -0.462 e. The second-order valence-corrected chi connectivity index (χ2v) is 8.86. The lowest BCUT2D eigenvalue weighted by atomic mass is 9.95. The molecule has 1 aromatic heterocycles. The van der Waals surface area contributed by atoms with Crippen LogP contribution in [0.25, 0.3) is 0 Å². The Bertz CT molecular complexity index is 779. The van der Waals surface area contributed by atoms with Gasteiger partial charge in [-0.2, -0.15) is 0 Å². The Balaban J connectivity index is 2.44. The van der Waals surface area contributed by atoms with E-state index >= 15 is 0 Å².